The molecular weight excluding hydrogens is 413 g/mol. The summed E-state index contributed by atoms with van der Waals surface area (Å²) in [5.41, 5.74) is 0.639. The maximum atomic E-state index is 13.5. The molecule has 1 saturated carbocycles. The zero-order chi connectivity index (χ0) is 21.0. The van der Waals surface area contributed by atoms with Crippen LogP contribution in [-0.4, -0.2) is 30.3 Å². The number of thiophene rings is 1. The first kappa shape index (κ1) is 21.6. The van der Waals surface area contributed by atoms with Gasteiger partial charge in [-0.25, -0.2) is 4.39 Å². The molecule has 1 spiro atoms. The van der Waals surface area contributed by atoms with Crippen molar-refractivity contribution in [2.75, 3.05) is 13.2 Å². The smallest absolute Gasteiger partial charge is 0.387 e. The average molecular weight is 441 g/mol. The molecule has 1 saturated heterocycles. The van der Waals surface area contributed by atoms with Crippen LogP contribution in [-0.2, 0) is 16.7 Å². The largest absolute Gasteiger partial charge is 0.434 e. The molecule has 30 heavy (non-hydrogen) atoms. The number of alkyl halides is 2. The van der Waals surface area contributed by atoms with Crippen molar-refractivity contribution >= 4 is 11.3 Å². The first-order valence-corrected chi connectivity index (χ1v) is 11.4. The molecule has 164 valence electrons. The summed E-state index contributed by atoms with van der Waals surface area (Å²) in [5, 5.41) is 5.13. The summed E-state index contributed by atoms with van der Waals surface area (Å²) in [4.78, 5) is 5.20. The van der Waals surface area contributed by atoms with E-state index >= 15 is 0 Å². The van der Waals surface area contributed by atoms with Crippen molar-refractivity contribution < 1.29 is 22.6 Å². The lowest BCUT2D eigenvalue weighted by Crippen LogP contribution is -2.47. The average Bonchev–Trinajstić information content (AvgIpc) is 3.35. The molecule has 1 atom stereocenters. The Hall–Kier alpha value is -1.64. The number of hydrogen-bond acceptors (Lipinski definition) is 5. The highest BCUT2D eigenvalue weighted by molar-refractivity contribution is 7.10. The summed E-state index contributed by atoms with van der Waals surface area (Å²) >= 11 is 1.40. The fourth-order valence-corrected chi connectivity index (χ4v) is 5.77. The Morgan fingerprint density at radius 2 is 2.03 bits per heavy atom. The number of rotatable bonds is 8. The molecule has 1 aliphatic heterocycles. The van der Waals surface area contributed by atoms with Crippen LogP contribution in [0.25, 0.3) is 0 Å². The highest BCUT2D eigenvalue weighted by Gasteiger charge is 2.48. The van der Waals surface area contributed by atoms with E-state index in [0.717, 1.165) is 42.7 Å². The number of nitrogens with one attached hydrogen (secondary N) is 1. The minimum Gasteiger partial charge on any atom is -0.434 e. The van der Waals surface area contributed by atoms with Gasteiger partial charge in [0.1, 0.15) is 11.6 Å². The molecule has 4 rings (SSSR count). The van der Waals surface area contributed by atoms with E-state index in [1.54, 1.807) is 17.5 Å². The van der Waals surface area contributed by atoms with Crippen LogP contribution in [0, 0.1) is 5.82 Å². The highest BCUT2D eigenvalue weighted by atomic mass is 32.1. The van der Waals surface area contributed by atoms with Gasteiger partial charge in [0.2, 0.25) is 0 Å². The van der Waals surface area contributed by atoms with Gasteiger partial charge in [-0.2, -0.15) is 8.78 Å². The summed E-state index contributed by atoms with van der Waals surface area (Å²) in [5.74, 6) is -0.104. The predicted octanol–water partition coefficient (Wildman–Crippen LogP) is 5.42. The number of ether oxygens (including phenoxy) is 2. The summed E-state index contributed by atoms with van der Waals surface area (Å²) < 4.78 is 49.4. The second-order valence-electron chi connectivity index (χ2n) is 8.32. The number of aromatic nitrogens is 1. The van der Waals surface area contributed by atoms with Crippen LogP contribution in [0.4, 0.5) is 13.2 Å². The molecule has 2 aromatic heterocycles. The van der Waals surface area contributed by atoms with Crippen molar-refractivity contribution in [1.82, 2.24) is 10.3 Å². The van der Waals surface area contributed by atoms with E-state index in [4.69, 9.17) is 4.74 Å². The number of hydrogen-bond donors (Lipinski definition) is 1. The van der Waals surface area contributed by atoms with Crippen molar-refractivity contribution in [2.45, 2.75) is 69.1 Å². The summed E-state index contributed by atoms with van der Waals surface area (Å²) in [6.07, 6.45) is 8.33. The minimum atomic E-state index is -2.82. The third-order valence-corrected chi connectivity index (χ3v) is 7.32. The van der Waals surface area contributed by atoms with Crippen LogP contribution in [0.2, 0.25) is 0 Å². The van der Waals surface area contributed by atoms with Crippen LogP contribution < -0.4 is 10.1 Å². The Balaban J connectivity index is 1.44. The molecule has 1 aliphatic carbocycles. The van der Waals surface area contributed by atoms with Crippen molar-refractivity contribution in [1.29, 1.82) is 0 Å². The summed E-state index contributed by atoms with van der Waals surface area (Å²) in [6, 6.07) is 4.85. The van der Waals surface area contributed by atoms with Crippen LogP contribution in [0.1, 0.15) is 55.5 Å². The summed E-state index contributed by atoms with van der Waals surface area (Å²) in [6.45, 7) is -0.984. The Kier molecular flexibility index (Phi) is 6.65. The van der Waals surface area contributed by atoms with Crippen molar-refractivity contribution in [3.8, 4) is 5.75 Å². The van der Waals surface area contributed by atoms with Crippen molar-refractivity contribution in [3.63, 3.8) is 0 Å². The molecule has 2 aromatic rings. The molecule has 1 N–H and O–H groups in total. The van der Waals surface area contributed by atoms with Crippen LogP contribution in [0.3, 0.4) is 0 Å². The van der Waals surface area contributed by atoms with Crippen molar-refractivity contribution in [2.24, 2.45) is 0 Å². The molecule has 2 fully saturated rings. The van der Waals surface area contributed by atoms with Crippen LogP contribution >= 0.6 is 11.3 Å². The monoisotopic (exact) mass is 440 g/mol. The molecule has 0 amide bonds. The molecule has 0 bridgehead atoms. The molecule has 4 nitrogen and oxygen atoms in total. The first-order chi connectivity index (χ1) is 14.5. The molecule has 8 heteroatoms. The van der Waals surface area contributed by atoms with Gasteiger partial charge in [-0.15, -0.1) is 11.3 Å². The van der Waals surface area contributed by atoms with E-state index in [-0.39, 0.29) is 22.6 Å². The van der Waals surface area contributed by atoms with E-state index in [9.17, 15) is 13.2 Å². The standard InChI is InChI=1S/C22H27F3N2O2S/c23-16-3-4-19(27-13-16)21(9-11-28-22(15-21)6-1-2-7-22)8-10-26-14-18-17(5-12-30-18)29-20(24)25/h3-5,12-13,20,26H,1-2,6-11,14-15H2. The van der Waals surface area contributed by atoms with Gasteiger partial charge in [-0.3, -0.25) is 4.98 Å². The maximum Gasteiger partial charge on any atom is 0.387 e. The highest BCUT2D eigenvalue weighted by Crippen LogP contribution is 2.49. The van der Waals surface area contributed by atoms with E-state index in [2.05, 4.69) is 15.0 Å². The summed E-state index contributed by atoms with van der Waals surface area (Å²) in [7, 11) is 0. The lowest BCUT2D eigenvalue weighted by atomic mass is 9.68. The Morgan fingerprint density at radius 1 is 1.20 bits per heavy atom. The molecule has 0 radical (unpaired) electrons. The number of halogens is 3. The normalized spacial score (nSPS) is 23.3. The SMILES string of the molecule is Fc1ccc(C2(CCNCc3sccc3OC(F)F)CCOC3(CCCC3)C2)nc1. The van der Waals surface area contributed by atoms with Crippen molar-refractivity contribution in [3.05, 3.63) is 46.2 Å². The van der Waals surface area contributed by atoms with Gasteiger partial charge < -0.3 is 14.8 Å². The maximum absolute atomic E-state index is 13.5. The fraction of sp³-hybridized carbons (Fsp3) is 0.591. The van der Waals surface area contributed by atoms with E-state index in [0.29, 0.717) is 19.7 Å². The minimum absolute atomic E-state index is 0.0969. The first-order valence-electron chi connectivity index (χ1n) is 10.5. The van der Waals surface area contributed by atoms with E-state index in [1.165, 1.54) is 36.4 Å². The van der Waals surface area contributed by atoms with Gasteiger partial charge in [-0.1, -0.05) is 12.8 Å². The van der Waals surface area contributed by atoms with Gasteiger partial charge >= 0.3 is 6.61 Å². The fourth-order valence-electron chi connectivity index (χ4n) is 5.00. The third kappa shape index (κ3) is 4.81. The topological polar surface area (TPSA) is 43.4 Å². The second kappa shape index (κ2) is 9.24. The van der Waals surface area contributed by atoms with Gasteiger partial charge in [-0.05, 0) is 62.2 Å². The van der Waals surface area contributed by atoms with Gasteiger partial charge in [0, 0.05) is 24.3 Å². The Bertz CT molecular complexity index is 824. The lowest BCUT2D eigenvalue weighted by Gasteiger charge is -2.46. The molecule has 0 aromatic carbocycles. The van der Waals surface area contributed by atoms with E-state index in [1.807, 2.05) is 0 Å². The predicted molar refractivity (Wildman–Crippen MR) is 110 cm³/mol. The molecule has 3 heterocycles. The molecule has 1 unspecified atom stereocenters. The zero-order valence-corrected chi connectivity index (χ0v) is 17.7. The van der Waals surface area contributed by atoms with Crippen LogP contribution in [0.15, 0.2) is 29.8 Å². The number of nitrogens with zero attached hydrogens (tertiary/aromatic N) is 1. The second-order valence-corrected chi connectivity index (χ2v) is 9.32. The lowest BCUT2D eigenvalue weighted by molar-refractivity contribution is -0.104. The zero-order valence-electron chi connectivity index (χ0n) is 16.8. The van der Waals surface area contributed by atoms with Gasteiger partial charge in [0.25, 0.3) is 0 Å². The molecular formula is C22H27F3N2O2S. The van der Waals surface area contributed by atoms with Crippen LogP contribution in [0.5, 0.6) is 5.75 Å². The number of pyridine rings is 1. The molecule has 2 aliphatic rings. The van der Waals surface area contributed by atoms with E-state index < -0.39 is 6.61 Å². The Labute approximate surface area is 178 Å². The quantitative estimate of drug-likeness (QED) is 0.557. The van der Waals surface area contributed by atoms with Gasteiger partial charge in [0.15, 0.2) is 0 Å². The Morgan fingerprint density at radius 3 is 2.77 bits per heavy atom. The van der Waals surface area contributed by atoms with Gasteiger partial charge in [0.05, 0.1) is 16.7 Å². The third-order valence-electron chi connectivity index (χ3n) is 6.42.